The zero-order valence-electron chi connectivity index (χ0n) is 15.9. The molecule has 1 aromatic carbocycles. The van der Waals surface area contributed by atoms with Crippen molar-refractivity contribution in [3.05, 3.63) is 34.4 Å². The third-order valence-electron chi connectivity index (χ3n) is 3.43. The van der Waals surface area contributed by atoms with Crippen LogP contribution in [0.3, 0.4) is 0 Å². The molecule has 1 atom stereocenters. The van der Waals surface area contributed by atoms with Crippen molar-refractivity contribution in [2.45, 2.75) is 32.1 Å². The standard InChI is InChI=1S/C15H15N3O3/c1-8-17-11-4-2-3-10(16)14(11)15(21)18(8)12-6-5-9(19)7-13(12)20/h2-4,12H,5-7,16H2,1H3/i1D2,3D,5D2. The minimum absolute atomic E-state index is 0.0848. The number of aromatic nitrogens is 2. The van der Waals surface area contributed by atoms with E-state index in [2.05, 4.69) is 4.98 Å². The number of nitrogen functional groups attached to an aromatic ring is 1. The fraction of sp³-hybridized carbons (Fsp3) is 0.333. The topological polar surface area (TPSA) is 95.0 Å². The number of carbonyl (C=O) groups is 2. The van der Waals surface area contributed by atoms with Crippen molar-refractivity contribution < 1.29 is 16.4 Å². The van der Waals surface area contributed by atoms with Gasteiger partial charge in [-0.15, -0.1) is 0 Å². The molecule has 0 aliphatic heterocycles. The van der Waals surface area contributed by atoms with Gasteiger partial charge in [0.25, 0.3) is 5.56 Å². The first-order valence-corrected chi connectivity index (χ1v) is 6.26. The van der Waals surface area contributed by atoms with Crippen LogP contribution in [-0.2, 0) is 9.59 Å². The van der Waals surface area contributed by atoms with E-state index >= 15 is 0 Å². The number of hydrogen-bond donors (Lipinski definition) is 1. The third kappa shape index (κ3) is 2.12. The van der Waals surface area contributed by atoms with E-state index in [0.29, 0.717) is 0 Å². The van der Waals surface area contributed by atoms with Crippen molar-refractivity contribution in [3.8, 4) is 0 Å². The highest BCUT2D eigenvalue weighted by molar-refractivity contribution is 6.03. The molecular weight excluding hydrogens is 270 g/mol. The minimum atomic E-state index is -2.31. The number of anilines is 1. The van der Waals surface area contributed by atoms with Crippen molar-refractivity contribution in [1.29, 1.82) is 0 Å². The van der Waals surface area contributed by atoms with Crippen molar-refractivity contribution >= 4 is 28.2 Å². The molecule has 2 aromatic rings. The lowest BCUT2D eigenvalue weighted by atomic mass is 9.92. The molecule has 1 saturated carbocycles. The van der Waals surface area contributed by atoms with Crippen molar-refractivity contribution in [3.63, 3.8) is 0 Å². The highest BCUT2D eigenvalue weighted by Gasteiger charge is 2.30. The van der Waals surface area contributed by atoms with Crippen LogP contribution in [0.25, 0.3) is 10.9 Å². The maximum Gasteiger partial charge on any atom is 0.264 e. The summed E-state index contributed by atoms with van der Waals surface area (Å²) in [5.74, 6) is -1.90. The first kappa shape index (κ1) is 8.71. The fourth-order valence-electron chi connectivity index (χ4n) is 2.42. The molecule has 21 heavy (non-hydrogen) atoms. The Kier molecular flexibility index (Phi) is 1.99. The van der Waals surface area contributed by atoms with E-state index in [4.69, 9.17) is 12.6 Å². The van der Waals surface area contributed by atoms with Gasteiger partial charge in [-0.2, -0.15) is 0 Å². The van der Waals surface area contributed by atoms with Gasteiger partial charge in [0.2, 0.25) is 0 Å². The highest BCUT2D eigenvalue weighted by Crippen LogP contribution is 2.24. The van der Waals surface area contributed by atoms with E-state index in [1.54, 1.807) is 0 Å². The molecule has 1 aliphatic rings. The predicted molar refractivity (Wildman–Crippen MR) is 78.1 cm³/mol. The molecule has 1 aromatic heterocycles. The summed E-state index contributed by atoms with van der Waals surface area (Å²) in [6.45, 7) is -1.72. The average Bonchev–Trinajstić information content (AvgIpc) is 2.54. The molecule has 1 unspecified atom stereocenters. The molecule has 3 rings (SSSR count). The van der Waals surface area contributed by atoms with Crippen LogP contribution in [0.2, 0.25) is 0 Å². The summed E-state index contributed by atoms with van der Waals surface area (Å²) >= 11 is 0. The number of carbonyl (C=O) groups excluding carboxylic acids is 2. The second-order valence-electron chi connectivity index (χ2n) is 4.76. The summed E-state index contributed by atoms with van der Waals surface area (Å²) in [7, 11) is 0. The smallest absolute Gasteiger partial charge is 0.264 e. The van der Waals surface area contributed by atoms with Gasteiger partial charge in [0.05, 0.1) is 24.7 Å². The summed E-state index contributed by atoms with van der Waals surface area (Å²) in [4.78, 5) is 41.1. The molecule has 6 heteroatoms. The summed E-state index contributed by atoms with van der Waals surface area (Å²) in [5, 5.41) is -0.132. The van der Waals surface area contributed by atoms with Crippen LogP contribution < -0.4 is 11.3 Å². The number of nitrogens with two attached hydrogens (primary N) is 1. The highest BCUT2D eigenvalue weighted by atomic mass is 16.2. The fourth-order valence-corrected chi connectivity index (χ4v) is 2.42. The number of ketones is 2. The van der Waals surface area contributed by atoms with E-state index in [1.807, 2.05) is 0 Å². The number of fused-ring (bicyclic) bond motifs is 1. The molecule has 0 radical (unpaired) electrons. The number of nitrogens with zero attached hydrogens (tertiary/aromatic N) is 2. The maximum atomic E-state index is 13.0. The second-order valence-corrected chi connectivity index (χ2v) is 4.76. The molecule has 1 aliphatic carbocycles. The lowest BCUT2D eigenvalue weighted by molar-refractivity contribution is -0.132. The van der Waals surface area contributed by atoms with Gasteiger partial charge in [0.15, 0.2) is 5.78 Å². The van der Waals surface area contributed by atoms with E-state index in [9.17, 15) is 14.4 Å². The Morgan fingerprint density at radius 2 is 2.33 bits per heavy atom. The summed E-state index contributed by atoms with van der Waals surface area (Å²) in [6, 6.07) is 1.19. The number of Topliss-reactive ketones (excluding diaryl/α,β-unsaturated/α-hetero) is 2. The Morgan fingerprint density at radius 3 is 3.10 bits per heavy atom. The minimum Gasteiger partial charge on any atom is -0.398 e. The molecule has 1 heterocycles. The van der Waals surface area contributed by atoms with Gasteiger partial charge in [-0.25, -0.2) is 4.98 Å². The van der Waals surface area contributed by atoms with E-state index < -0.39 is 49.3 Å². The molecule has 0 amide bonds. The number of rotatable bonds is 1. The lowest BCUT2D eigenvalue weighted by Gasteiger charge is -2.24. The van der Waals surface area contributed by atoms with E-state index in [-0.39, 0.29) is 28.5 Å². The molecule has 1 fully saturated rings. The van der Waals surface area contributed by atoms with Crippen LogP contribution in [0.15, 0.2) is 23.0 Å². The second kappa shape index (κ2) is 4.80. The molecule has 0 bridgehead atoms. The van der Waals surface area contributed by atoms with Gasteiger partial charge in [-0.3, -0.25) is 19.0 Å². The number of benzene rings is 1. The SMILES string of the molecule is [2H]c1ccc2nc(C([2H])[2H])n(C3CC([2H])([2H])C(=O)CC3=O)c(=O)c2c1N. The Labute approximate surface area is 127 Å². The molecular formula is C15H15N3O3. The van der Waals surface area contributed by atoms with Crippen molar-refractivity contribution in [2.24, 2.45) is 0 Å². The van der Waals surface area contributed by atoms with Gasteiger partial charge in [-0.05, 0) is 25.4 Å². The Balaban J connectivity index is 2.34. The molecule has 6 nitrogen and oxygen atoms in total. The number of hydrogen-bond acceptors (Lipinski definition) is 5. The van der Waals surface area contributed by atoms with E-state index in [0.717, 1.165) is 4.57 Å². The Morgan fingerprint density at radius 1 is 1.52 bits per heavy atom. The zero-order chi connectivity index (χ0) is 19.4. The van der Waals surface area contributed by atoms with Crippen LogP contribution in [0.1, 0.15) is 37.9 Å². The van der Waals surface area contributed by atoms with Gasteiger partial charge in [-0.1, -0.05) is 6.07 Å². The van der Waals surface area contributed by atoms with Crippen molar-refractivity contribution in [2.75, 3.05) is 5.73 Å². The average molecular weight is 290 g/mol. The predicted octanol–water partition coefficient (Wildman–Crippen LogP) is 1.15. The maximum absolute atomic E-state index is 13.0. The summed E-state index contributed by atoms with van der Waals surface area (Å²) < 4.78 is 39.4. The Hall–Kier alpha value is -2.50. The van der Waals surface area contributed by atoms with Crippen LogP contribution in [-0.4, -0.2) is 21.1 Å². The summed E-state index contributed by atoms with van der Waals surface area (Å²) in [5.41, 5.74) is 4.90. The van der Waals surface area contributed by atoms with Gasteiger partial charge in [0.1, 0.15) is 11.6 Å². The molecule has 0 spiro atoms. The normalized spacial score (nSPS) is 25.2. The van der Waals surface area contributed by atoms with Crippen LogP contribution >= 0.6 is 0 Å². The largest absolute Gasteiger partial charge is 0.398 e. The quantitative estimate of drug-likeness (QED) is 0.628. The zero-order valence-corrected chi connectivity index (χ0v) is 10.9. The van der Waals surface area contributed by atoms with Gasteiger partial charge < -0.3 is 5.73 Å². The molecule has 108 valence electrons. The Bertz CT molecular complexity index is 1000. The first-order chi connectivity index (χ1) is 12.0. The number of aryl methyl sites for hydroxylation is 1. The summed E-state index contributed by atoms with van der Waals surface area (Å²) in [6.07, 6.45) is -3.58. The van der Waals surface area contributed by atoms with Crippen molar-refractivity contribution in [1.82, 2.24) is 9.55 Å². The molecule has 2 N–H and O–H groups in total. The van der Waals surface area contributed by atoms with Gasteiger partial charge >= 0.3 is 0 Å². The van der Waals surface area contributed by atoms with Crippen LogP contribution in [0, 0.1) is 6.88 Å². The van der Waals surface area contributed by atoms with Gasteiger partial charge in [0, 0.05) is 17.5 Å². The van der Waals surface area contributed by atoms with Crippen LogP contribution in [0.5, 0.6) is 0 Å². The van der Waals surface area contributed by atoms with Crippen LogP contribution in [0.4, 0.5) is 5.69 Å². The molecule has 0 saturated heterocycles. The monoisotopic (exact) mass is 290 g/mol. The third-order valence-corrected chi connectivity index (χ3v) is 3.43. The van der Waals surface area contributed by atoms with E-state index in [1.165, 1.54) is 12.1 Å². The lowest BCUT2D eigenvalue weighted by Crippen LogP contribution is -2.36. The first-order valence-electron chi connectivity index (χ1n) is 8.92.